The number of hydrogen-bond donors (Lipinski definition) is 0. The number of rotatable bonds is 2. The van der Waals surface area contributed by atoms with Crippen LogP contribution in [0.2, 0.25) is 0 Å². The highest BCUT2D eigenvalue weighted by Gasteiger charge is 2.43. The first-order chi connectivity index (χ1) is 6.28. The van der Waals surface area contributed by atoms with Crippen molar-refractivity contribution >= 4 is 11.8 Å². The van der Waals surface area contributed by atoms with E-state index in [2.05, 4.69) is 39.0 Å². The van der Waals surface area contributed by atoms with Crippen molar-refractivity contribution in [3.63, 3.8) is 0 Å². The van der Waals surface area contributed by atoms with Crippen molar-refractivity contribution in [1.29, 1.82) is 0 Å². The van der Waals surface area contributed by atoms with Crippen LogP contribution in [0.25, 0.3) is 0 Å². The van der Waals surface area contributed by atoms with Gasteiger partial charge in [0.2, 0.25) is 0 Å². The first-order valence-corrected chi connectivity index (χ1v) is 6.08. The van der Waals surface area contributed by atoms with E-state index >= 15 is 0 Å². The maximum atomic E-state index is 6.49. The SMILES string of the molecule is CC(C)CC1(C)CCCC(C)(C)N1Cl. The molecule has 1 aliphatic heterocycles. The fraction of sp³-hybridized carbons (Fsp3) is 1.00. The van der Waals surface area contributed by atoms with Crippen LogP contribution in [0.1, 0.15) is 60.3 Å². The van der Waals surface area contributed by atoms with E-state index in [1.165, 1.54) is 25.7 Å². The number of halogens is 1. The van der Waals surface area contributed by atoms with Gasteiger partial charge in [0.25, 0.3) is 0 Å². The minimum atomic E-state index is 0.156. The van der Waals surface area contributed by atoms with E-state index in [0.29, 0.717) is 0 Å². The van der Waals surface area contributed by atoms with E-state index in [1.54, 1.807) is 0 Å². The molecule has 0 saturated carbocycles. The molecule has 0 spiro atoms. The summed E-state index contributed by atoms with van der Waals surface area (Å²) in [4.78, 5) is 0. The lowest BCUT2D eigenvalue weighted by Crippen LogP contribution is -2.55. The topological polar surface area (TPSA) is 3.24 Å². The fourth-order valence-electron chi connectivity index (χ4n) is 2.89. The van der Waals surface area contributed by atoms with Gasteiger partial charge in [-0.1, -0.05) is 13.8 Å². The Bertz CT molecular complexity index is 200. The van der Waals surface area contributed by atoms with Gasteiger partial charge in [0, 0.05) is 11.1 Å². The molecule has 0 radical (unpaired) electrons. The molecule has 0 bridgehead atoms. The second kappa shape index (κ2) is 4.02. The zero-order chi connectivity index (χ0) is 11.0. The molecule has 1 atom stereocenters. The molecule has 0 aliphatic carbocycles. The second-order valence-corrected chi connectivity index (χ2v) is 6.38. The fourth-order valence-corrected chi connectivity index (χ4v) is 3.13. The molecule has 0 aromatic heterocycles. The second-order valence-electron chi connectivity index (χ2n) is 6.04. The average Bonchev–Trinajstić information content (AvgIpc) is 1.98. The molecule has 0 aromatic rings. The number of piperidine rings is 1. The standard InChI is InChI=1S/C12H24ClN/c1-10(2)9-12(5)8-6-7-11(3,4)14(12)13/h10H,6-9H2,1-5H3. The minimum Gasteiger partial charge on any atom is -0.209 e. The molecule has 1 saturated heterocycles. The van der Waals surface area contributed by atoms with Crippen LogP contribution < -0.4 is 0 Å². The molecule has 2 heteroatoms. The molecule has 0 amide bonds. The van der Waals surface area contributed by atoms with Gasteiger partial charge >= 0.3 is 0 Å². The summed E-state index contributed by atoms with van der Waals surface area (Å²) < 4.78 is 2.09. The average molecular weight is 218 g/mol. The molecular formula is C12H24ClN. The highest BCUT2D eigenvalue weighted by atomic mass is 35.5. The van der Waals surface area contributed by atoms with Gasteiger partial charge in [0.15, 0.2) is 0 Å². The highest BCUT2D eigenvalue weighted by Crippen LogP contribution is 2.42. The van der Waals surface area contributed by atoms with E-state index in [1.807, 2.05) is 0 Å². The smallest absolute Gasteiger partial charge is 0.0342 e. The van der Waals surface area contributed by atoms with Crippen LogP contribution in [0.3, 0.4) is 0 Å². The zero-order valence-electron chi connectivity index (χ0n) is 10.2. The normalized spacial score (nSPS) is 33.6. The van der Waals surface area contributed by atoms with Crippen LogP contribution in [0, 0.1) is 5.92 Å². The van der Waals surface area contributed by atoms with Gasteiger partial charge in [0.05, 0.1) is 0 Å². The minimum absolute atomic E-state index is 0.156. The van der Waals surface area contributed by atoms with Gasteiger partial charge < -0.3 is 0 Å². The highest BCUT2D eigenvalue weighted by molar-refractivity contribution is 6.14. The third kappa shape index (κ3) is 2.43. The Morgan fingerprint density at radius 1 is 1.21 bits per heavy atom. The van der Waals surface area contributed by atoms with Gasteiger partial charge in [-0.05, 0) is 64.1 Å². The van der Waals surface area contributed by atoms with Crippen molar-refractivity contribution in [2.45, 2.75) is 71.4 Å². The molecule has 1 unspecified atom stereocenters. The third-order valence-electron chi connectivity index (χ3n) is 3.36. The Morgan fingerprint density at radius 2 is 1.79 bits per heavy atom. The third-order valence-corrected chi connectivity index (χ3v) is 4.22. The van der Waals surface area contributed by atoms with Gasteiger partial charge in [-0.3, -0.25) is 0 Å². The first kappa shape index (κ1) is 12.3. The van der Waals surface area contributed by atoms with Crippen molar-refractivity contribution in [2.75, 3.05) is 0 Å². The van der Waals surface area contributed by atoms with Crippen molar-refractivity contribution in [3.05, 3.63) is 0 Å². The Hall–Kier alpha value is 0.250. The maximum Gasteiger partial charge on any atom is 0.0342 e. The van der Waals surface area contributed by atoms with Crippen LogP contribution in [0.5, 0.6) is 0 Å². The quantitative estimate of drug-likeness (QED) is 0.627. The van der Waals surface area contributed by atoms with Gasteiger partial charge in [0.1, 0.15) is 0 Å². The van der Waals surface area contributed by atoms with Gasteiger partial charge in [-0.2, -0.15) is 0 Å². The zero-order valence-corrected chi connectivity index (χ0v) is 11.0. The van der Waals surface area contributed by atoms with Crippen LogP contribution in [0.15, 0.2) is 0 Å². The maximum absolute atomic E-state index is 6.49. The Morgan fingerprint density at radius 3 is 2.29 bits per heavy atom. The summed E-state index contributed by atoms with van der Waals surface area (Å²) in [5.41, 5.74) is 0.348. The lowest BCUT2D eigenvalue weighted by molar-refractivity contribution is 0.0310. The van der Waals surface area contributed by atoms with Gasteiger partial charge in [-0.15, -0.1) is 0 Å². The molecule has 1 fully saturated rings. The summed E-state index contributed by atoms with van der Waals surface area (Å²) in [7, 11) is 0. The van der Waals surface area contributed by atoms with E-state index in [9.17, 15) is 0 Å². The Kier molecular flexibility index (Phi) is 3.53. The van der Waals surface area contributed by atoms with E-state index in [4.69, 9.17) is 11.8 Å². The molecule has 14 heavy (non-hydrogen) atoms. The Labute approximate surface area is 93.9 Å². The molecule has 1 rings (SSSR count). The summed E-state index contributed by atoms with van der Waals surface area (Å²) in [6.45, 7) is 11.4. The molecule has 1 aliphatic rings. The van der Waals surface area contributed by atoms with Crippen LogP contribution >= 0.6 is 11.8 Å². The van der Waals surface area contributed by atoms with Crippen LogP contribution in [-0.4, -0.2) is 15.5 Å². The lowest BCUT2D eigenvalue weighted by atomic mass is 9.77. The number of nitrogens with zero attached hydrogens (tertiary/aromatic N) is 1. The van der Waals surface area contributed by atoms with Crippen molar-refractivity contribution < 1.29 is 0 Å². The van der Waals surface area contributed by atoms with Crippen LogP contribution in [-0.2, 0) is 0 Å². The lowest BCUT2D eigenvalue weighted by Gasteiger charge is -2.50. The number of hydrogen-bond acceptors (Lipinski definition) is 1. The van der Waals surface area contributed by atoms with Gasteiger partial charge in [-0.25, -0.2) is 4.42 Å². The molecular weight excluding hydrogens is 194 g/mol. The van der Waals surface area contributed by atoms with E-state index in [0.717, 1.165) is 5.92 Å². The Balaban J connectivity index is 2.77. The largest absolute Gasteiger partial charge is 0.209 e. The summed E-state index contributed by atoms with van der Waals surface area (Å²) in [6.07, 6.45) is 4.95. The van der Waals surface area contributed by atoms with Crippen molar-refractivity contribution in [3.8, 4) is 0 Å². The first-order valence-electron chi connectivity index (χ1n) is 5.74. The molecule has 1 heterocycles. The summed E-state index contributed by atoms with van der Waals surface area (Å²) in [6, 6.07) is 0. The van der Waals surface area contributed by atoms with Crippen LogP contribution in [0.4, 0.5) is 0 Å². The molecule has 1 nitrogen and oxygen atoms in total. The predicted molar refractivity (Wildman–Crippen MR) is 63.5 cm³/mol. The monoisotopic (exact) mass is 217 g/mol. The summed E-state index contributed by atoms with van der Waals surface area (Å²) in [5.74, 6) is 0.718. The predicted octanol–water partition coefficient (Wildman–Crippen LogP) is 4.21. The van der Waals surface area contributed by atoms with Crippen molar-refractivity contribution in [2.24, 2.45) is 5.92 Å². The molecule has 0 aromatic carbocycles. The molecule has 84 valence electrons. The molecule has 0 N–H and O–H groups in total. The summed E-state index contributed by atoms with van der Waals surface area (Å²) in [5, 5.41) is 0. The van der Waals surface area contributed by atoms with Crippen molar-refractivity contribution in [1.82, 2.24) is 4.42 Å². The summed E-state index contributed by atoms with van der Waals surface area (Å²) >= 11 is 6.49. The van der Waals surface area contributed by atoms with E-state index in [-0.39, 0.29) is 11.1 Å². The van der Waals surface area contributed by atoms with E-state index < -0.39 is 0 Å².